The van der Waals surface area contributed by atoms with Crippen LogP contribution in [-0.2, 0) is 45.0 Å². The van der Waals surface area contributed by atoms with E-state index >= 15 is 4.11 Å². The molecule has 0 spiro atoms. The van der Waals surface area contributed by atoms with Crippen LogP contribution < -0.4 is 43.5 Å². The van der Waals surface area contributed by atoms with Gasteiger partial charge in [-0.1, -0.05) is 118 Å². The van der Waals surface area contributed by atoms with Crippen molar-refractivity contribution in [1.82, 2.24) is 28.9 Å². The lowest BCUT2D eigenvalue weighted by molar-refractivity contribution is -0.121. The number of halogens is 1. The summed E-state index contributed by atoms with van der Waals surface area (Å²) >= 11 is 0. The number of carbonyl (C=O) groups is 2. The van der Waals surface area contributed by atoms with Gasteiger partial charge in [-0.2, -0.15) is 0 Å². The van der Waals surface area contributed by atoms with Crippen molar-refractivity contribution in [2.24, 2.45) is 5.92 Å². The first-order chi connectivity index (χ1) is 35.8. The zero-order valence-electron chi connectivity index (χ0n) is 46.8. The topological polar surface area (TPSA) is 225 Å². The number of nitrogens with zero attached hydrogens (tertiary/aromatic N) is 4. The predicted molar refractivity (Wildman–Crippen MR) is 299 cm³/mol. The molecule has 20 heteroatoms. The minimum absolute atomic E-state index is 0.0450. The van der Waals surface area contributed by atoms with Gasteiger partial charge in [-0.3, -0.25) is 37.4 Å². The molecule has 2 amide bonds. The van der Waals surface area contributed by atoms with Crippen LogP contribution in [0.15, 0.2) is 80.1 Å². The number of rotatable bonds is 22. The van der Waals surface area contributed by atoms with Gasteiger partial charge >= 0.3 is 11.4 Å². The summed E-state index contributed by atoms with van der Waals surface area (Å²) in [7, 11) is -5.72. The number of hydrogen-bond donors (Lipinski definition) is 5. The van der Waals surface area contributed by atoms with Crippen LogP contribution in [0.1, 0.15) is 136 Å². The second-order valence-corrected chi connectivity index (χ2v) is 31.1. The molecular weight excluding hydrogens is 1010 g/mol. The van der Waals surface area contributed by atoms with Crippen LogP contribution in [0.25, 0.3) is 0 Å². The number of benzene rings is 2. The van der Waals surface area contributed by atoms with E-state index in [2.05, 4.69) is 52.2 Å². The zero-order chi connectivity index (χ0) is 56.4. The van der Waals surface area contributed by atoms with Gasteiger partial charge in [-0.15, -0.1) is 0 Å². The summed E-state index contributed by atoms with van der Waals surface area (Å²) in [6.07, 6.45) is 3.24. The van der Waals surface area contributed by atoms with Gasteiger partial charge < -0.3 is 39.2 Å². The SMILES string of the molecule is CC[C@H]1OC(n2cc(C)c(=O)n(CCCNC(=O)Cc3ccc([Si](O)(C(C)C)C(C)C)cc3)c2=O)C[C@@H]1C.Cc1cn(C2C[C@H](O)[C@@H](CO)O2)c(=O)n(CCCNC(=O)Cc2ccc([Si](F)(C(C)C)C(C)C)cc2)c1=O. The average Bonchev–Trinajstić information content (AvgIpc) is 3.96. The maximum Gasteiger partial charge on any atom is 0.333 e. The van der Waals surface area contributed by atoms with Gasteiger partial charge in [0.25, 0.3) is 19.5 Å². The number of hydrogen-bond acceptors (Lipinski definition) is 11. The molecule has 2 saturated heterocycles. The van der Waals surface area contributed by atoms with Crippen molar-refractivity contribution >= 4 is 38.9 Å². The van der Waals surface area contributed by atoms with Crippen LogP contribution in [0.4, 0.5) is 4.11 Å². The third-order valence-electron chi connectivity index (χ3n) is 15.4. The molecule has 4 heterocycles. The number of aliphatic hydroxyl groups excluding tert-OH is 2. The number of aromatic nitrogens is 4. The van der Waals surface area contributed by atoms with Gasteiger partial charge in [0.1, 0.15) is 18.6 Å². The Morgan fingerprint density at radius 1 is 0.671 bits per heavy atom. The summed E-state index contributed by atoms with van der Waals surface area (Å²) in [5, 5.41) is 26.8. The van der Waals surface area contributed by atoms with Crippen molar-refractivity contribution in [3.8, 4) is 0 Å². The molecule has 4 aromatic rings. The molecule has 420 valence electrons. The molecule has 6 rings (SSSR count). The number of carbonyl (C=O) groups excluding carboxylic acids is 2. The Kier molecular flexibility index (Phi) is 21.9. The highest BCUT2D eigenvalue weighted by Gasteiger charge is 2.44. The molecule has 17 nitrogen and oxygen atoms in total. The van der Waals surface area contributed by atoms with Crippen LogP contribution >= 0.6 is 0 Å². The summed E-state index contributed by atoms with van der Waals surface area (Å²) in [6.45, 7) is 24.0. The Hall–Kier alpha value is -5.10. The molecular formula is C56H85FN6O11Si2. The van der Waals surface area contributed by atoms with Gasteiger partial charge in [0.15, 0.2) is 0 Å². The summed E-state index contributed by atoms with van der Waals surface area (Å²) in [6, 6.07) is 15.0. The van der Waals surface area contributed by atoms with E-state index in [-0.39, 0.29) is 103 Å². The Morgan fingerprint density at radius 3 is 1.45 bits per heavy atom. The van der Waals surface area contributed by atoms with Gasteiger partial charge in [0.05, 0.1) is 31.7 Å². The summed E-state index contributed by atoms with van der Waals surface area (Å²) in [5.74, 6) is 0.0280. The van der Waals surface area contributed by atoms with Crippen molar-refractivity contribution in [1.29, 1.82) is 0 Å². The molecule has 2 fully saturated rings. The zero-order valence-corrected chi connectivity index (χ0v) is 48.8. The lowest BCUT2D eigenvalue weighted by Gasteiger charge is -2.33. The fourth-order valence-corrected chi connectivity index (χ4v) is 17.5. The molecule has 76 heavy (non-hydrogen) atoms. The lowest BCUT2D eigenvalue weighted by Crippen LogP contribution is -2.53. The van der Waals surface area contributed by atoms with E-state index in [1.807, 2.05) is 52.0 Å². The Morgan fingerprint density at radius 2 is 1.08 bits per heavy atom. The smallest absolute Gasteiger partial charge is 0.333 e. The molecule has 0 radical (unpaired) electrons. The highest BCUT2D eigenvalue weighted by atomic mass is 28.4. The molecule has 2 aromatic carbocycles. The molecule has 0 bridgehead atoms. The predicted octanol–water partition coefficient (Wildman–Crippen LogP) is 5.02. The second-order valence-electron chi connectivity index (χ2n) is 22.1. The lowest BCUT2D eigenvalue weighted by atomic mass is 10.0. The van der Waals surface area contributed by atoms with Crippen LogP contribution in [0.5, 0.6) is 0 Å². The molecule has 5 N–H and O–H groups in total. The standard InChI is InChI=1S/C29H45N3O5Si.C27H40FN3O6Si/c1-8-25-21(6)16-27(37-25)32-18-22(7)28(34)31(29(32)35)15-9-14-30-26(33)17-23-10-12-24(13-11-23)38(36,19(2)3)20(4)5;1-17(2)38(28,18(3)4)21-9-7-20(8-10-21)13-24(34)29-11-6-12-30-26(35)19(5)15-31(27(30)36)25-14-22(33)23(16-32)37-25/h10-13,18-21,25,27,36H,8-9,14-17H2,1-7H3,(H,30,33);7-10,15,17-18,22-23,25,32-33H,6,11-14,16H2,1-5H3,(H,29,34)/t21-,25+,27?;22-,23+,25?/m00/s1. The number of aliphatic hydroxyl groups is 2. The van der Waals surface area contributed by atoms with Crippen molar-refractivity contribution < 1.29 is 38.2 Å². The third-order valence-corrected chi connectivity index (χ3v) is 24.8. The summed E-state index contributed by atoms with van der Waals surface area (Å²) in [5.41, 5.74) is 1.15. The molecule has 2 aliphatic heterocycles. The summed E-state index contributed by atoms with van der Waals surface area (Å²) < 4.78 is 32.6. The maximum atomic E-state index is 15.7. The first-order valence-electron chi connectivity index (χ1n) is 27.2. The summed E-state index contributed by atoms with van der Waals surface area (Å²) in [4.78, 5) is 87.7. The fourth-order valence-electron chi connectivity index (χ4n) is 10.8. The van der Waals surface area contributed by atoms with Crippen molar-refractivity contribution in [3.05, 3.63) is 125 Å². The van der Waals surface area contributed by atoms with Crippen molar-refractivity contribution in [2.45, 2.75) is 194 Å². The molecule has 2 unspecified atom stereocenters. The van der Waals surface area contributed by atoms with E-state index < -0.39 is 46.4 Å². The second kappa shape index (κ2) is 27.0. The van der Waals surface area contributed by atoms with E-state index in [4.69, 9.17) is 9.47 Å². The van der Waals surface area contributed by atoms with Gasteiger partial charge in [-0.05, 0) is 89.1 Å². The fraction of sp³-hybridized carbons (Fsp3) is 0.607. The van der Waals surface area contributed by atoms with E-state index in [0.29, 0.717) is 36.4 Å². The molecule has 2 aromatic heterocycles. The number of ether oxygens (including phenoxy) is 2. The molecule has 0 aliphatic carbocycles. The van der Waals surface area contributed by atoms with Gasteiger partial charge in [-0.25, -0.2) is 9.59 Å². The normalized spacial score (nSPS) is 19.9. The minimum atomic E-state index is -3.12. The van der Waals surface area contributed by atoms with E-state index in [1.165, 1.54) is 15.3 Å². The quantitative estimate of drug-likeness (QED) is 0.0400. The minimum Gasteiger partial charge on any atom is -0.427 e. The monoisotopic (exact) mass is 1090 g/mol. The maximum absolute atomic E-state index is 15.7. The Labute approximate surface area is 448 Å². The third kappa shape index (κ3) is 14.3. The molecule has 0 saturated carbocycles. The van der Waals surface area contributed by atoms with E-state index in [9.17, 15) is 43.8 Å². The molecule has 2 aliphatic rings. The number of aryl methyl sites for hydroxylation is 2. The van der Waals surface area contributed by atoms with Crippen molar-refractivity contribution in [3.63, 3.8) is 0 Å². The Balaban J connectivity index is 0.000000281. The van der Waals surface area contributed by atoms with Crippen LogP contribution in [0.3, 0.4) is 0 Å². The highest BCUT2D eigenvalue weighted by molar-refractivity contribution is 6.88. The Bertz CT molecular complexity index is 2620. The average molecular weight is 1090 g/mol. The number of amides is 2. The largest absolute Gasteiger partial charge is 0.427 e. The first kappa shape index (κ1) is 61.8. The molecule has 6 atom stereocenters. The van der Waals surface area contributed by atoms with Crippen LogP contribution in [0, 0.1) is 19.8 Å². The van der Waals surface area contributed by atoms with E-state index in [1.54, 1.807) is 48.9 Å². The van der Waals surface area contributed by atoms with Gasteiger partial charge in [0.2, 0.25) is 20.1 Å². The van der Waals surface area contributed by atoms with Crippen LogP contribution in [-0.4, -0.2) is 99.8 Å². The first-order valence-corrected chi connectivity index (χ1v) is 31.3. The highest BCUT2D eigenvalue weighted by Crippen LogP contribution is 2.35. The van der Waals surface area contributed by atoms with Crippen LogP contribution in [0.2, 0.25) is 22.2 Å². The van der Waals surface area contributed by atoms with Crippen molar-refractivity contribution in [2.75, 3.05) is 19.7 Å². The van der Waals surface area contributed by atoms with Gasteiger partial charge in [0, 0.05) is 56.1 Å². The van der Waals surface area contributed by atoms with E-state index in [0.717, 1.165) is 38.9 Å². The number of nitrogens with one attached hydrogen (secondary N) is 2.